The maximum atomic E-state index is 5.72. The second kappa shape index (κ2) is 8.91. The molecular formula is C23H36N2O3. The Bertz CT molecular complexity index is 659. The van der Waals surface area contributed by atoms with Gasteiger partial charge in [0.15, 0.2) is 11.5 Å². The second-order valence-corrected chi connectivity index (χ2v) is 8.62. The number of ether oxygens (including phenoxy) is 3. The molecule has 28 heavy (non-hydrogen) atoms. The largest absolute Gasteiger partial charge is 0.496 e. The number of hydrogen-bond acceptors (Lipinski definition) is 5. The van der Waals surface area contributed by atoms with E-state index in [9.17, 15) is 0 Å². The van der Waals surface area contributed by atoms with Crippen molar-refractivity contribution < 1.29 is 14.2 Å². The monoisotopic (exact) mass is 388 g/mol. The number of benzene rings is 1. The van der Waals surface area contributed by atoms with Crippen molar-refractivity contribution in [3.05, 3.63) is 17.7 Å². The molecule has 156 valence electrons. The molecule has 4 rings (SSSR count). The molecule has 0 aromatic heterocycles. The van der Waals surface area contributed by atoms with Crippen LogP contribution in [0, 0.1) is 5.92 Å². The van der Waals surface area contributed by atoms with E-state index in [0.717, 1.165) is 42.3 Å². The smallest absolute Gasteiger partial charge is 0.164 e. The van der Waals surface area contributed by atoms with Crippen molar-refractivity contribution >= 4 is 0 Å². The van der Waals surface area contributed by atoms with E-state index in [2.05, 4.69) is 15.9 Å². The predicted molar refractivity (Wildman–Crippen MR) is 111 cm³/mol. The summed E-state index contributed by atoms with van der Waals surface area (Å²) in [7, 11) is 5.13. The van der Waals surface area contributed by atoms with E-state index in [4.69, 9.17) is 14.2 Å². The Morgan fingerprint density at radius 3 is 2.21 bits per heavy atom. The van der Waals surface area contributed by atoms with Gasteiger partial charge in [0.1, 0.15) is 5.75 Å². The number of rotatable bonds is 6. The average molecular weight is 389 g/mol. The average Bonchev–Trinajstić information content (AvgIpc) is 3.22. The number of nitrogens with zero attached hydrogens (tertiary/aromatic N) is 2. The first kappa shape index (κ1) is 19.8. The van der Waals surface area contributed by atoms with Crippen molar-refractivity contribution in [1.29, 1.82) is 0 Å². The SMILES string of the molecule is COc1cc(OC)c(OC)cc1CN1CCN2CCC[C@@H]2[C@@H]1C1CCCCC1. The molecule has 0 unspecified atom stereocenters. The Morgan fingerprint density at radius 1 is 0.786 bits per heavy atom. The highest BCUT2D eigenvalue weighted by molar-refractivity contribution is 5.50. The molecule has 3 aliphatic rings. The molecule has 5 nitrogen and oxygen atoms in total. The van der Waals surface area contributed by atoms with Crippen molar-refractivity contribution in [2.75, 3.05) is 41.0 Å². The van der Waals surface area contributed by atoms with Crippen LogP contribution in [0.2, 0.25) is 0 Å². The van der Waals surface area contributed by atoms with E-state index in [-0.39, 0.29) is 0 Å². The molecule has 3 fully saturated rings. The molecule has 0 bridgehead atoms. The number of fused-ring (bicyclic) bond motifs is 1. The molecule has 2 saturated heterocycles. The molecule has 0 spiro atoms. The summed E-state index contributed by atoms with van der Waals surface area (Å²) in [5.74, 6) is 3.25. The van der Waals surface area contributed by atoms with E-state index >= 15 is 0 Å². The molecule has 1 aromatic rings. The Hall–Kier alpha value is -1.46. The van der Waals surface area contributed by atoms with Gasteiger partial charge in [-0.25, -0.2) is 0 Å². The van der Waals surface area contributed by atoms with E-state index in [0.29, 0.717) is 6.04 Å². The van der Waals surface area contributed by atoms with Crippen LogP contribution in [-0.2, 0) is 6.54 Å². The fourth-order valence-corrected chi connectivity index (χ4v) is 5.87. The summed E-state index contributed by atoms with van der Waals surface area (Å²) in [4.78, 5) is 5.52. The summed E-state index contributed by atoms with van der Waals surface area (Å²) in [6.07, 6.45) is 9.75. The van der Waals surface area contributed by atoms with E-state index in [1.54, 1.807) is 21.3 Å². The Morgan fingerprint density at radius 2 is 1.50 bits per heavy atom. The molecule has 0 N–H and O–H groups in total. The molecule has 1 aromatic carbocycles. The lowest BCUT2D eigenvalue weighted by atomic mass is 9.78. The summed E-state index contributed by atoms with van der Waals surface area (Å²) in [5.41, 5.74) is 1.20. The fourth-order valence-electron chi connectivity index (χ4n) is 5.87. The third-order valence-corrected chi connectivity index (χ3v) is 7.20. The second-order valence-electron chi connectivity index (χ2n) is 8.62. The molecule has 5 heteroatoms. The molecule has 2 heterocycles. The van der Waals surface area contributed by atoms with Crippen LogP contribution in [0.15, 0.2) is 12.1 Å². The summed E-state index contributed by atoms with van der Waals surface area (Å²) in [5, 5.41) is 0. The molecule has 2 aliphatic heterocycles. The lowest BCUT2D eigenvalue weighted by Crippen LogP contribution is -2.59. The Balaban J connectivity index is 1.61. The van der Waals surface area contributed by atoms with Gasteiger partial charge in [0.05, 0.1) is 21.3 Å². The standard InChI is InChI=1S/C23H36N2O3/c1-26-20-15-22(28-3)21(27-2)14-18(20)16-25-13-12-24-11-7-10-19(24)23(25)17-8-5-4-6-9-17/h14-15,17,19,23H,4-13,16H2,1-3H3/t19-,23+/m1/s1. The zero-order valence-corrected chi connectivity index (χ0v) is 17.8. The quantitative estimate of drug-likeness (QED) is 0.737. The summed E-state index contributed by atoms with van der Waals surface area (Å²) in [6, 6.07) is 5.49. The van der Waals surface area contributed by atoms with Crippen LogP contribution in [0.5, 0.6) is 17.2 Å². The van der Waals surface area contributed by atoms with Gasteiger partial charge in [-0.15, -0.1) is 0 Å². The molecule has 1 saturated carbocycles. The lowest BCUT2D eigenvalue weighted by Gasteiger charge is -2.49. The van der Waals surface area contributed by atoms with Gasteiger partial charge >= 0.3 is 0 Å². The maximum absolute atomic E-state index is 5.72. The molecule has 2 atom stereocenters. The normalized spacial score (nSPS) is 26.8. The minimum absolute atomic E-state index is 0.675. The first-order valence-electron chi connectivity index (χ1n) is 11.0. The summed E-state index contributed by atoms with van der Waals surface area (Å²) in [6.45, 7) is 4.56. The molecule has 0 radical (unpaired) electrons. The van der Waals surface area contributed by atoms with Crippen LogP contribution in [-0.4, -0.2) is 62.8 Å². The van der Waals surface area contributed by atoms with Gasteiger partial charge in [-0.3, -0.25) is 9.80 Å². The molecule has 0 amide bonds. The zero-order chi connectivity index (χ0) is 19.5. The first-order chi connectivity index (χ1) is 13.7. The van der Waals surface area contributed by atoms with Gasteiger partial charge in [0.2, 0.25) is 0 Å². The van der Waals surface area contributed by atoms with Gasteiger partial charge in [-0.1, -0.05) is 19.3 Å². The summed E-state index contributed by atoms with van der Waals surface area (Å²) >= 11 is 0. The third kappa shape index (κ3) is 3.84. The van der Waals surface area contributed by atoms with E-state index in [1.807, 2.05) is 6.07 Å². The van der Waals surface area contributed by atoms with Crippen LogP contribution in [0.1, 0.15) is 50.5 Å². The van der Waals surface area contributed by atoms with E-state index in [1.165, 1.54) is 63.6 Å². The van der Waals surface area contributed by atoms with Crippen molar-refractivity contribution in [2.24, 2.45) is 5.92 Å². The summed E-state index contributed by atoms with van der Waals surface area (Å²) < 4.78 is 16.8. The highest BCUT2D eigenvalue weighted by Crippen LogP contribution is 2.40. The first-order valence-corrected chi connectivity index (χ1v) is 11.0. The minimum Gasteiger partial charge on any atom is -0.496 e. The van der Waals surface area contributed by atoms with Crippen LogP contribution >= 0.6 is 0 Å². The van der Waals surface area contributed by atoms with Crippen LogP contribution in [0.4, 0.5) is 0 Å². The van der Waals surface area contributed by atoms with E-state index < -0.39 is 0 Å². The van der Waals surface area contributed by atoms with Crippen LogP contribution in [0.3, 0.4) is 0 Å². The van der Waals surface area contributed by atoms with Crippen molar-refractivity contribution in [3.8, 4) is 17.2 Å². The highest BCUT2D eigenvalue weighted by Gasteiger charge is 2.43. The van der Waals surface area contributed by atoms with Gasteiger partial charge in [0, 0.05) is 43.3 Å². The Labute approximate surface area is 169 Å². The number of hydrogen-bond donors (Lipinski definition) is 0. The predicted octanol–water partition coefficient (Wildman–Crippen LogP) is 3.94. The van der Waals surface area contributed by atoms with Crippen molar-refractivity contribution in [2.45, 2.75) is 63.6 Å². The number of methoxy groups -OCH3 is 3. The lowest BCUT2D eigenvalue weighted by molar-refractivity contribution is -0.00415. The van der Waals surface area contributed by atoms with Crippen LogP contribution in [0.25, 0.3) is 0 Å². The molecular weight excluding hydrogens is 352 g/mol. The van der Waals surface area contributed by atoms with Gasteiger partial charge in [0.25, 0.3) is 0 Å². The maximum Gasteiger partial charge on any atom is 0.164 e. The van der Waals surface area contributed by atoms with Gasteiger partial charge in [-0.05, 0) is 44.2 Å². The van der Waals surface area contributed by atoms with Crippen molar-refractivity contribution in [3.63, 3.8) is 0 Å². The number of piperazine rings is 1. The highest BCUT2D eigenvalue weighted by atomic mass is 16.5. The topological polar surface area (TPSA) is 34.2 Å². The van der Waals surface area contributed by atoms with Gasteiger partial charge in [-0.2, -0.15) is 0 Å². The van der Waals surface area contributed by atoms with Crippen molar-refractivity contribution in [1.82, 2.24) is 9.80 Å². The molecule has 1 aliphatic carbocycles. The zero-order valence-electron chi connectivity index (χ0n) is 17.8. The third-order valence-electron chi connectivity index (χ3n) is 7.20. The fraction of sp³-hybridized carbons (Fsp3) is 0.739. The Kier molecular flexibility index (Phi) is 6.32. The minimum atomic E-state index is 0.675. The van der Waals surface area contributed by atoms with Gasteiger partial charge < -0.3 is 14.2 Å². The van der Waals surface area contributed by atoms with Crippen LogP contribution < -0.4 is 14.2 Å².